The first-order valence-electron chi connectivity index (χ1n) is 7.60. The number of carbonyl (C=O) groups is 1. The Labute approximate surface area is 128 Å². The van der Waals surface area contributed by atoms with E-state index in [0.717, 1.165) is 24.2 Å². The summed E-state index contributed by atoms with van der Waals surface area (Å²) in [5.41, 5.74) is 7.95. The van der Waals surface area contributed by atoms with Crippen LogP contribution in [-0.4, -0.2) is 15.5 Å². The van der Waals surface area contributed by atoms with Gasteiger partial charge in [-0.15, -0.1) is 0 Å². The number of amides is 1. The second kappa shape index (κ2) is 4.66. The number of primary amides is 1. The van der Waals surface area contributed by atoms with Gasteiger partial charge in [0.05, 0.1) is 12.1 Å². The highest BCUT2D eigenvalue weighted by atomic mass is 16.5. The van der Waals surface area contributed by atoms with Crippen molar-refractivity contribution in [2.75, 3.05) is 0 Å². The Morgan fingerprint density at radius 1 is 1.45 bits per heavy atom. The number of aromatic nitrogens is 2. The molecule has 114 valence electrons. The van der Waals surface area contributed by atoms with E-state index in [0.29, 0.717) is 11.5 Å². The van der Waals surface area contributed by atoms with Crippen molar-refractivity contribution in [1.82, 2.24) is 9.55 Å². The zero-order chi connectivity index (χ0) is 15.4. The molecular formula is C16H18N4O2. The molecule has 4 rings (SSSR count). The lowest BCUT2D eigenvalue weighted by Gasteiger charge is -2.35. The predicted octanol–water partition coefficient (Wildman–Crippen LogP) is 0.940. The largest absolute Gasteiger partial charge is 0.628 e. The molecular weight excluding hydrogens is 280 g/mol. The maximum atomic E-state index is 12.5. The summed E-state index contributed by atoms with van der Waals surface area (Å²) in [5.74, 6) is 0.251. The minimum absolute atomic E-state index is 0.0941. The minimum atomic E-state index is -0.373. The van der Waals surface area contributed by atoms with Gasteiger partial charge in [-0.05, 0) is 31.7 Å². The summed E-state index contributed by atoms with van der Waals surface area (Å²) >= 11 is 0. The fraction of sp³-hybridized carbons (Fsp3) is 0.375. The zero-order valence-electron chi connectivity index (χ0n) is 12.3. The van der Waals surface area contributed by atoms with Gasteiger partial charge in [-0.2, -0.15) is 0 Å². The van der Waals surface area contributed by atoms with E-state index >= 15 is 0 Å². The molecule has 0 bridgehead atoms. The Morgan fingerprint density at radius 2 is 2.18 bits per heavy atom. The van der Waals surface area contributed by atoms with E-state index in [1.54, 1.807) is 6.20 Å². The van der Waals surface area contributed by atoms with E-state index < -0.39 is 0 Å². The molecule has 1 aromatic carbocycles. The number of para-hydroxylation sites is 2. The number of nitrogens with one attached hydrogen (secondary N) is 1. The minimum Gasteiger partial charge on any atom is -0.628 e. The highest BCUT2D eigenvalue weighted by molar-refractivity contribution is 5.82. The van der Waals surface area contributed by atoms with Gasteiger partial charge in [-0.25, -0.2) is 4.98 Å². The van der Waals surface area contributed by atoms with Crippen molar-refractivity contribution < 1.29 is 9.86 Å². The van der Waals surface area contributed by atoms with Crippen LogP contribution in [0.25, 0.3) is 5.69 Å². The van der Waals surface area contributed by atoms with Gasteiger partial charge < -0.3 is 16.0 Å². The van der Waals surface area contributed by atoms with Crippen molar-refractivity contribution in [1.29, 1.82) is 0 Å². The molecule has 3 atom stereocenters. The fourth-order valence-corrected chi connectivity index (χ4v) is 3.41. The summed E-state index contributed by atoms with van der Waals surface area (Å²) in [6.07, 6.45) is 3.73. The molecule has 1 aromatic heterocycles. The number of benzene rings is 1. The van der Waals surface area contributed by atoms with Crippen molar-refractivity contribution in [3.05, 3.63) is 47.2 Å². The van der Waals surface area contributed by atoms with Crippen molar-refractivity contribution in [3.8, 4) is 5.69 Å². The highest BCUT2D eigenvalue weighted by Crippen LogP contribution is 2.43. The third-order valence-corrected chi connectivity index (χ3v) is 4.74. The fourth-order valence-electron chi connectivity index (χ4n) is 3.41. The summed E-state index contributed by atoms with van der Waals surface area (Å²) < 4.78 is 1.97. The number of carbonyl (C=O) groups excluding carboxylic acids is 1. The van der Waals surface area contributed by atoms with E-state index in [1.165, 1.54) is 0 Å². The molecule has 2 aliphatic rings. The molecule has 1 saturated carbocycles. The Morgan fingerprint density at radius 3 is 2.86 bits per heavy atom. The third kappa shape index (κ3) is 1.81. The first-order valence-corrected chi connectivity index (χ1v) is 7.60. The van der Waals surface area contributed by atoms with Gasteiger partial charge in [0.2, 0.25) is 5.91 Å². The average Bonchev–Trinajstić information content (AvgIpc) is 3.23. The van der Waals surface area contributed by atoms with E-state index in [9.17, 15) is 10.0 Å². The molecule has 1 aliphatic heterocycles. The summed E-state index contributed by atoms with van der Waals surface area (Å²) in [5, 5.41) is 12.6. The highest BCUT2D eigenvalue weighted by Gasteiger charge is 2.41. The number of hydroxylamine groups is 1. The summed E-state index contributed by atoms with van der Waals surface area (Å²) in [6.45, 7) is 1.88. The lowest BCUT2D eigenvalue weighted by Crippen LogP contribution is -3.03. The van der Waals surface area contributed by atoms with Crippen LogP contribution in [0, 0.1) is 11.1 Å². The van der Waals surface area contributed by atoms with Crippen molar-refractivity contribution in [3.63, 3.8) is 0 Å². The maximum absolute atomic E-state index is 12.5. The van der Waals surface area contributed by atoms with Crippen molar-refractivity contribution >= 4 is 11.6 Å². The smallest absolute Gasteiger partial charge is 0.228 e. The molecule has 6 nitrogen and oxygen atoms in total. The number of hydrogen-bond donors (Lipinski definition) is 2. The standard InChI is InChI=1S/C16H18N4O2/c1-9-13-8-18-16(14(15(17)21)10-6-7-10)19(13)11-4-2-3-5-12(11)20(9)22/h2-5,8-10,14,20H,6-7H2,1H3,(H2,17,21). The van der Waals surface area contributed by atoms with Gasteiger partial charge in [0, 0.05) is 6.07 Å². The summed E-state index contributed by atoms with van der Waals surface area (Å²) in [4.78, 5) is 16.4. The molecule has 2 heterocycles. The number of rotatable bonds is 3. The molecule has 1 amide bonds. The van der Waals surface area contributed by atoms with E-state index in [4.69, 9.17) is 5.73 Å². The van der Waals surface area contributed by atoms with Crippen LogP contribution in [0.4, 0.5) is 5.69 Å². The molecule has 2 aromatic rings. The van der Waals surface area contributed by atoms with Crippen LogP contribution < -0.4 is 10.8 Å². The van der Waals surface area contributed by atoms with Gasteiger partial charge in [-0.1, -0.05) is 12.1 Å². The number of nitrogens with zero attached hydrogens (tertiary/aromatic N) is 2. The van der Waals surface area contributed by atoms with Crippen molar-refractivity contribution in [2.45, 2.75) is 31.7 Å². The van der Waals surface area contributed by atoms with Crippen LogP contribution in [-0.2, 0) is 4.79 Å². The van der Waals surface area contributed by atoms with Crippen LogP contribution in [0.5, 0.6) is 0 Å². The molecule has 0 saturated heterocycles. The van der Waals surface area contributed by atoms with Crippen LogP contribution >= 0.6 is 0 Å². The Balaban J connectivity index is 1.93. The number of quaternary nitrogens is 1. The SMILES string of the molecule is CC1c2cnc(C(C(N)=O)C3CC3)n2-c2ccccc2[NH+]1[O-]. The maximum Gasteiger partial charge on any atom is 0.228 e. The average molecular weight is 298 g/mol. The quantitative estimate of drug-likeness (QED) is 0.827. The number of hydrogen-bond acceptors (Lipinski definition) is 3. The van der Waals surface area contributed by atoms with Crippen LogP contribution in [0.2, 0.25) is 0 Å². The van der Waals surface area contributed by atoms with E-state index in [1.807, 2.05) is 35.8 Å². The molecule has 0 spiro atoms. The van der Waals surface area contributed by atoms with E-state index in [-0.39, 0.29) is 28.8 Å². The Kier molecular flexibility index (Phi) is 2.85. The van der Waals surface area contributed by atoms with Crippen LogP contribution in [0.15, 0.2) is 30.5 Å². The number of nitrogens with two attached hydrogens (primary N) is 1. The second-order valence-corrected chi connectivity index (χ2v) is 6.20. The van der Waals surface area contributed by atoms with Gasteiger partial charge in [0.1, 0.15) is 23.2 Å². The zero-order valence-corrected chi connectivity index (χ0v) is 12.3. The summed E-state index contributed by atoms with van der Waals surface area (Å²) in [6, 6.07) is 7.23. The lowest BCUT2D eigenvalue weighted by molar-refractivity contribution is -0.813. The molecule has 1 fully saturated rings. The molecule has 6 heteroatoms. The Bertz CT molecular complexity index is 750. The van der Waals surface area contributed by atoms with Gasteiger partial charge >= 0.3 is 0 Å². The summed E-state index contributed by atoms with van der Waals surface area (Å²) in [7, 11) is 0. The molecule has 0 radical (unpaired) electrons. The van der Waals surface area contributed by atoms with Gasteiger partial charge in [0.15, 0.2) is 5.69 Å². The molecule has 22 heavy (non-hydrogen) atoms. The molecule has 3 N–H and O–H groups in total. The van der Waals surface area contributed by atoms with Gasteiger partial charge in [0.25, 0.3) is 0 Å². The lowest BCUT2D eigenvalue weighted by atomic mass is 10.0. The first kappa shape index (κ1) is 13.5. The molecule has 3 unspecified atom stereocenters. The topological polar surface area (TPSA) is 88.4 Å². The van der Waals surface area contributed by atoms with Crippen LogP contribution in [0.3, 0.4) is 0 Å². The monoisotopic (exact) mass is 298 g/mol. The van der Waals surface area contributed by atoms with Crippen LogP contribution in [0.1, 0.15) is 43.2 Å². The first-order chi connectivity index (χ1) is 10.6. The Hall–Kier alpha value is -2.18. The van der Waals surface area contributed by atoms with Crippen molar-refractivity contribution in [2.24, 2.45) is 11.7 Å². The second-order valence-electron chi connectivity index (χ2n) is 6.20. The van der Waals surface area contributed by atoms with E-state index in [2.05, 4.69) is 4.98 Å². The predicted molar refractivity (Wildman–Crippen MR) is 80.6 cm³/mol. The number of fused-ring (bicyclic) bond motifs is 3. The number of imidazole rings is 1. The normalized spacial score (nSPS) is 24.5. The van der Waals surface area contributed by atoms with Gasteiger partial charge in [-0.3, -0.25) is 9.36 Å². The molecule has 1 aliphatic carbocycles. The third-order valence-electron chi connectivity index (χ3n) is 4.74.